The number of nitrogens with zero attached hydrogens (tertiary/aromatic N) is 1. The van der Waals surface area contributed by atoms with Gasteiger partial charge in [0, 0.05) is 24.1 Å². The summed E-state index contributed by atoms with van der Waals surface area (Å²) >= 11 is 0. The number of fused-ring (bicyclic) bond motifs is 1. The van der Waals surface area contributed by atoms with E-state index < -0.39 is 0 Å². The van der Waals surface area contributed by atoms with Gasteiger partial charge < -0.3 is 5.32 Å². The smallest absolute Gasteiger partial charge is 0.248 e. The summed E-state index contributed by atoms with van der Waals surface area (Å²) in [4.78, 5) is 27.0. The van der Waals surface area contributed by atoms with E-state index in [0.717, 1.165) is 11.3 Å². The number of hydrogen-bond donors (Lipinski definition) is 1. The molecule has 1 N–H and O–H groups in total. The van der Waals surface area contributed by atoms with E-state index >= 15 is 0 Å². The molecule has 2 rings (SSSR count). The molecular weight excluding hydrogens is 240 g/mol. The summed E-state index contributed by atoms with van der Waals surface area (Å²) in [6.45, 7) is 5.91. The van der Waals surface area contributed by atoms with Gasteiger partial charge in [0.15, 0.2) is 0 Å². The summed E-state index contributed by atoms with van der Waals surface area (Å²) in [6.07, 6.45) is 7.66. The van der Waals surface area contributed by atoms with Gasteiger partial charge in [-0.1, -0.05) is 26.8 Å². The minimum Gasteiger partial charge on any atom is -0.325 e. The van der Waals surface area contributed by atoms with Gasteiger partial charge in [-0.15, -0.1) is 0 Å². The molecule has 0 bridgehead atoms. The molecule has 0 saturated carbocycles. The summed E-state index contributed by atoms with van der Waals surface area (Å²) in [5, 5.41) is 2.83. The van der Waals surface area contributed by atoms with Crippen LogP contribution in [0, 0.1) is 11.8 Å². The molecule has 0 spiro atoms. The number of nitrogens with one attached hydrogen (secondary N) is 1. The van der Waals surface area contributed by atoms with Crippen molar-refractivity contribution in [1.82, 2.24) is 5.32 Å². The molecule has 4 nitrogen and oxygen atoms in total. The lowest BCUT2D eigenvalue weighted by molar-refractivity contribution is -0.117. The van der Waals surface area contributed by atoms with Crippen molar-refractivity contribution in [2.45, 2.75) is 27.2 Å². The molecule has 1 heterocycles. The average molecular weight is 258 g/mol. The van der Waals surface area contributed by atoms with Crippen LogP contribution in [0.15, 0.2) is 40.6 Å². The highest BCUT2D eigenvalue weighted by atomic mass is 16.2. The molecule has 0 saturated heterocycles. The highest BCUT2D eigenvalue weighted by Gasteiger charge is 2.27. The zero-order valence-electron chi connectivity index (χ0n) is 11.4. The minimum atomic E-state index is -0.156. The predicted octanol–water partition coefficient (Wildman–Crippen LogP) is 2.15. The molecule has 2 aliphatic rings. The van der Waals surface area contributed by atoms with Crippen LogP contribution in [0.3, 0.4) is 0 Å². The number of aliphatic imine (C=N–C) groups is 1. The van der Waals surface area contributed by atoms with E-state index in [9.17, 15) is 9.59 Å². The molecule has 1 aliphatic carbocycles. The molecule has 100 valence electrons. The van der Waals surface area contributed by atoms with Crippen molar-refractivity contribution < 1.29 is 9.59 Å². The van der Waals surface area contributed by atoms with Crippen LogP contribution in [-0.4, -0.2) is 17.5 Å². The normalized spacial score (nSPS) is 23.9. The number of rotatable bonds is 2. The maximum Gasteiger partial charge on any atom is 0.248 e. The van der Waals surface area contributed by atoms with E-state index in [0.29, 0.717) is 18.1 Å². The highest BCUT2D eigenvalue weighted by Crippen LogP contribution is 2.31. The molecule has 4 heteroatoms. The van der Waals surface area contributed by atoms with Gasteiger partial charge in [-0.3, -0.25) is 9.59 Å². The maximum atomic E-state index is 11.7. The lowest BCUT2D eigenvalue weighted by Gasteiger charge is -2.29. The Morgan fingerprint density at radius 2 is 2.16 bits per heavy atom. The Balaban J connectivity index is 2.33. The van der Waals surface area contributed by atoms with Gasteiger partial charge in [-0.05, 0) is 23.6 Å². The zero-order chi connectivity index (χ0) is 14.0. The lowest BCUT2D eigenvalue weighted by atomic mass is 9.82. The van der Waals surface area contributed by atoms with Crippen molar-refractivity contribution in [1.29, 1.82) is 0 Å². The SMILES string of the molecule is CCC(=O)N=C1C=CC2C(=C1)NC(=O)C=C2C(C)C. The van der Waals surface area contributed by atoms with E-state index in [2.05, 4.69) is 24.2 Å². The third-order valence-corrected chi connectivity index (χ3v) is 3.25. The number of carbonyl (C=O) groups is 2. The summed E-state index contributed by atoms with van der Waals surface area (Å²) in [6, 6.07) is 0. The number of allylic oxidation sites excluding steroid dienone is 3. The Morgan fingerprint density at radius 1 is 1.42 bits per heavy atom. The first-order valence-electron chi connectivity index (χ1n) is 6.55. The van der Waals surface area contributed by atoms with E-state index in [1.807, 2.05) is 12.2 Å². The molecule has 0 radical (unpaired) electrons. The molecule has 2 amide bonds. The van der Waals surface area contributed by atoms with Crippen LogP contribution in [0.5, 0.6) is 0 Å². The minimum absolute atomic E-state index is 0.0911. The van der Waals surface area contributed by atoms with Crippen molar-refractivity contribution in [3.8, 4) is 0 Å². The first-order valence-corrected chi connectivity index (χ1v) is 6.55. The molecule has 0 fully saturated rings. The monoisotopic (exact) mass is 258 g/mol. The van der Waals surface area contributed by atoms with E-state index in [1.54, 1.807) is 19.1 Å². The molecule has 19 heavy (non-hydrogen) atoms. The Kier molecular flexibility index (Phi) is 3.79. The predicted molar refractivity (Wildman–Crippen MR) is 74.5 cm³/mol. The molecule has 1 atom stereocenters. The van der Waals surface area contributed by atoms with Crippen molar-refractivity contribution in [2.75, 3.05) is 0 Å². The number of amides is 2. The summed E-state index contributed by atoms with van der Waals surface area (Å²) in [5.74, 6) is 0.132. The van der Waals surface area contributed by atoms with Crippen molar-refractivity contribution in [3.63, 3.8) is 0 Å². The van der Waals surface area contributed by atoms with Crippen molar-refractivity contribution in [3.05, 3.63) is 35.6 Å². The third-order valence-electron chi connectivity index (χ3n) is 3.25. The van der Waals surface area contributed by atoms with Crippen LogP contribution >= 0.6 is 0 Å². The van der Waals surface area contributed by atoms with Crippen LogP contribution in [0.25, 0.3) is 0 Å². The van der Waals surface area contributed by atoms with Gasteiger partial charge in [-0.25, -0.2) is 4.99 Å². The molecule has 1 aliphatic heterocycles. The number of hydrogen-bond acceptors (Lipinski definition) is 2. The summed E-state index contributed by atoms with van der Waals surface area (Å²) in [5.41, 5.74) is 2.50. The van der Waals surface area contributed by atoms with Gasteiger partial charge in [0.05, 0.1) is 5.71 Å². The number of carbonyl (C=O) groups excluding carboxylic acids is 2. The van der Waals surface area contributed by atoms with Crippen molar-refractivity contribution in [2.24, 2.45) is 16.8 Å². The van der Waals surface area contributed by atoms with E-state index in [4.69, 9.17) is 0 Å². The molecular formula is C15H18N2O2. The third kappa shape index (κ3) is 2.89. The average Bonchev–Trinajstić information content (AvgIpc) is 2.37. The van der Waals surface area contributed by atoms with Crippen LogP contribution in [-0.2, 0) is 9.59 Å². The van der Waals surface area contributed by atoms with Gasteiger partial charge in [-0.2, -0.15) is 0 Å². The first-order chi connectivity index (χ1) is 9.01. The van der Waals surface area contributed by atoms with Gasteiger partial charge in [0.2, 0.25) is 11.8 Å². The molecule has 0 aromatic carbocycles. The van der Waals surface area contributed by atoms with Crippen LogP contribution in [0.4, 0.5) is 0 Å². The van der Waals surface area contributed by atoms with Crippen LogP contribution in [0.2, 0.25) is 0 Å². The Bertz CT molecular complexity index is 536. The second-order valence-corrected chi connectivity index (χ2v) is 5.01. The van der Waals surface area contributed by atoms with Gasteiger partial charge >= 0.3 is 0 Å². The van der Waals surface area contributed by atoms with Crippen LogP contribution < -0.4 is 5.32 Å². The highest BCUT2D eigenvalue weighted by molar-refractivity contribution is 6.11. The standard InChI is InChI=1S/C15H18N2O2/c1-4-14(18)16-10-5-6-11-12(9(2)3)8-15(19)17-13(11)7-10/h5-9,11H,4H2,1-3H3,(H,17,19). The summed E-state index contributed by atoms with van der Waals surface area (Å²) in [7, 11) is 0. The zero-order valence-corrected chi connectivity index (χ0v) is 11.4. The molecule has 0 aromatic rings. The molecule has 1 unspecified atom stereocenters. The quantitative estimate of drug-likeness (QED) is 0.825. The van der Waals surface area contributed by atoms with Gasteiger partial charge in [0.1, 0.15) is 0 Å². The Labute approximate surface area is 113 Å². The second kappa shape index (κ2) is 5.34. The van der Waals surface area contributed by atoms with Crippen LogP contribution in [0.1, 0.15) is 27.2 Å². The van der Waals surface area contributed by atoms with E-state index in [-0.39, 0.29) is 17.7 Å². The Hall–Kier alpha value is -1.97. The fourth-order valence-corrected chi connectivity index (χ4v) is 2.24. The maximum absolute atomic E-state index is 11.7. The lowest BCUT2D eigenvalue weighted by Crippen LogP contribution is -2.34. The van der Waals surface area contributed by atoms with Crippen molar-refractivity contribution >= 4 is 17.5 Å². The largest absolute Gasteiger partial charge is 0.325 e. The second-order valence-electron chi connectivity index (χ2n) is 5.01. The topological polar surface area (TPSA) is 58.5 Å². The fraction of sp³-hybridized carbons (Fsp3) is 0.400. The molecule has 0 aromatic heterocycles. The first kappa shape index (κ1) is 13.5. The van der Waals surface area contributed by atoms with E-state index in [1.165, 1.54) is 0 Å². The fourth-order valence-electron chi connectivity index (χ4n) is 2.24. The Morgan fingerprint density at radius 3 is 2.79 bits per heavy atom. The van der Waals surface area contributed by atoms with Gasteiger partial charge in [0.25, 0.3) is 0 Å². The summed E-state index contributed by atoms with van der Waals surface area (Å²) < 4.78 is 0.